The fraction of sp³-hybridized carbons (Fsp3) is 0.133. The molecule has 0 atom stereocenters. The number of carbonyl (C=O) groups is 1. The predicted molar refractivity (Wildman–Crippen MR) is 75.1 cm³/mol. The van der Waals surface area contributed by atoms with E-state index in [1.165, 1.54) is 12.1 Å². The Hall–Kier alpha value is -1.68. The first kappa shape index (κ1) is 13.7. The monoisotopic (exact) mass is 322 g/mol. The second-order valence-electron chi connectivity index (χ2n) is 3.91. The van der Waals surface area contributed by atoms with E-state index in [0.717, 1.165) is 0 Å². The van der Waals surface area contributed by atoms with E-state index >= 15 is 0 Å². The Balaban J connectivity index is 2.30. The van der Waals surface area contributed by atoms with Gasteiger partial charge in [0.2, 0.25) is 0 Å². The molecule has 0 fully saturated rings. The van der Waals surface area contributed by atoms with Crippen molar-refractivity contribution in [1.29, 1.82) is 0 Å². The van der Waals surface area contributed by atoms with Gasteiger partial charge in [-0.05, 0) is 49.4 Å². The molecule has 0 aliphatic carbocycles. The molecule has 0 aliphatic heterocycles. The van der Waals surface area contributed by atoms with Gasteiger partial charge in [-0.25, -0.2) is 4.39 Å². The van der Waals surface area contributed by atoms with E-state index in [1.807, 2.05) is 6.92 Å². The maximum Gasteiger partial charge on any atom is 0.196 e. The van der Waals surface area contributed by atoms with E-state index in [0.29, 0.717) is 22.4 Å². The average Bonchev–Trinajstić information content (AvgIpc) is 2.42. The molecule has 0 radical (unpaired) electrons. The van der Waals surface area contributed by atoms with Crippen LogP contribution in [0, 0.1) is 5.82 Å². The summed E-state index contributed by atoms with van der Waals surface area (Å²) in [5.41, 5.74) is 0.485. The molecule has 2 aromatic rings. The molecule has 0 unspecified atom stereocenters. The van der Waals surface area contributed by atoms with Crippen molar-refractivity contribution in [3.8, 4) is 5.75 Å². The topological polar surface area (TPSA) is 26.3 Å². The van der Waals surface area contributed by atoms with Crippen LogP contribution in [0.25, 0.3) is 0 Å². The maximum absolute atomic E-state index is 13.6. The van der Waals surface area contributed by atoms with E-state index < -0.39 is 5.82 Å². The van der Waals surface area contributed by atoms with Crippen LogP contribution in [0.15, 0.2) is 46.9 Å². The summed E-state index contributed by atoms with van der Waals surface area (Å²) in [5, 5.41) is 0. The molecule has 98 valence electrons. The van der Waals surface area contributed by atoms with Crippen molar-refractivity contribution in [2.24, 2.45) is 0 Å². The second kappa shape index (κ2) is 5.97. The van der Waals surface area contributed by atoms with Crippen LogP contribution in [0.5, 0.6) is 5.75 Å². The predicted octanol–water partition coefficient (Wildman–Crippen LogP) is 4.22. The van der Waals surface area contributed by atoms with Crippen LogP contribution in [0.3, 0.4) is 0 Å². The molecule has 19 heavy (non-hydrogen) atoms. The number of carbonyl (C=O) groups excluding carboxylic acids is 1. The van der Waals surface area contributed by atoms with Crippen molar-refractivity contribution in [2.75, 3.05) is 6.61 Å². The SMILES string of the molecule is CCOc1ccc(C(=O)c2cc(Br)ccc2F)cc1. The van der Waals surface area contributed by atoms with Gasteiger partial charge >= 0.3 is 0 Å². The van der Waals surface area contributed by atoms with Crippen molar-refractivity contribution in [3.63, 3.8) is 0 Å². The third-order valence-corrected chi connectivity index (χ3v) is 3.09. The highest BCUT2D eigenvalue weighted by atomic mass is 79.9. The molecule has 0 heterocycles. The number of ether oxygens (including phenoxy) is 1. The van der Waals surface area contributed by atoms with E-state index in [9.17, 15) is 9.18 Å². The molecular weight excluding hydrogens is 311 g/mol. The number of halogens is 2. The fourth-order valence-corrected chi connectivity index (χ4v) is 2.06. The molecule has 0 N–H and O–H groups in total. The summed E-state index contributed by atoms with van der Waals surface area (Å²) >= 11 is 3.23. The molecule has 2 rings (SSSR count). The standard InChI is InChI=1S/C15H12BrFO2/c1-2-19-12-6-3-10(4-7-12)15(18)13-9-11(16)5-8-14(13)17/h3-9H,2H2,1H3. The normalized spacial score (nSPS) is 10.3. The van der Waals surface area contributed by atoms with Crippen molar-refractivity contribution in [1.82, 2.24) is 0 Å². The highest BCUT2D eigenvalue weighted by Crippen LogP contribution is 2.20. The summed E-state index contributed by atoms with van der Waals surface area (Å²) in [7, 11) is 0. The molecular formula is C15H12BrFO2. The van der Waals surface area contributed by atoms with E-state index in [2.05, 4.69) is 15.9 Å². The summed E-state index contributed by atoms with van der Waals surface area (Å²) in [5.74, 6) is -0.183. The molecule has 2 aromatic carbocycles. The Morgan fingerprint density at radius 2 is 1.89 bits per heavy atom. The molecule has 0 saturated heterocycles. The third kappa shape index (κ3) is 3.20. The maximum atomic E-state index is 13.6. The quantitative estimate of drug-likeness (QED) is 0.788. The Morgan fingerprint density at radius 3 is 2.53 bits per heavy atom. The minimum absolute atomic E-state index is 0.0542. The lowest BCUT2D eigenvalue weighted by molar-refractivity contribution is 0.103. The van der Waals surface area contributed by atoms with Gasteiger partial charge in [-0.2, -0.15) is 0 Å². The molecule has 0 saturated carbocycles. The minimum Gasteiger partial charge on any atom is -0.494 e. The van der Waals surface area contributed by atoms with Gasteiger partial charge in [-0.1, -0.05) is 15.9 Å². The molecule has 4 heteroatoms. The fourth-order valence-electron chi connectivity index (χ4n) is 1.70. The molecule has 0 bridgehead atoms. The largest absolute Gasteiger partial charge is 0.494 e. The van der Waals surface area contributed by atoms with Gasteiger partial charge in [0.25, 0.3) is 0 Å². The van der Waals surface area contributed by atoms with Crippen LogP contribution in [0.1, 0.15) is 22.8 Å². The van der Waals surface area contributed by atoms with Gasteiger partial charge in [-0.15, -0.1) is 0 Å². The zero-order chi connectivity index (χ0) is 13.8. The summed E-state index contributed by atoms with van der Waals surface area (Å²) < 4.78 is 19.6. The highest BCUT2D eigenvalue weighted by Gasteiger charge is 2.14. The zero-order valence-corrected chi connectivity index (χ0v) is 11.9. The van der Waals surface area contributed by atoms with Crippen molar-refractivity contribution in [3.05, 3.63) is 63.9 Å². The minimum atomic E-state index is -0.526. The molecule has 0 spiro atoms. The first-order valence-corrected chi connectivity index (χ1v) is 6.63. The van der Waals surface area contributed by atoms with Gasteiger partial charge in [0.15, 0.2) is 5.78 Å². The lowest BCUT2D eigenvalue weighted by Gasteiger charge is -2.06. The summed E-state index contributed by atoms with van der Waals surface area (Å²) in [6.45, 7) is 2.45. The Labute approximate surface area is 119 Å². The first-order chi connectivity index (χ1) is 9.11. The first-order valence-electron chi connectivity index (χ1n) is 5.84. The molecule has 0 aromatic heterocycles. The molecule has 0 aliphatic rings. The van der Waals surface area contributed by atoms with E-state index in [1.54, 1.807) is 30.3 Å². The van der Waals surface area contributed by atoms with Gasteiger partial charge < -0.3 is 4.74 Å². The van der Waals surface area contributed by atoms with Gasteiger partial charge in [0.1, 0.15) is 11.6 Å². The smallest absolute Gasteiger partial charge is 0.196 e. The lowest BCUT2D eigenvalue weighted by Crippen LogP contribution is -2.04. The number of hydrogen-bond donors (Lipinski definition) is 0. The van der Waals surface area contributed by atoms with Gasteiger partial charge in [0.05, 0.1) is 12.2 Å². The van der Waals surface area contributed by atoms with Crippen LogP contribution < -0.4 is 4.74 Å². The highest BCUT2D eigenvalue weighted by molar-refractivity contribution is 9.10. The van der Waals surface area contributed by atoms with Crippen molar-refractivity contribution in [2.45, 2.75) is 6.92 Å². The summed E-state index contributed by atoms with van der Waals surface area (Å²) in [6, 6.07) is 11.0. The van der Waals surface area contributed by atoms with Crippen LogP contribution in [0.4, 0.5) is 4.39 Å². The van der Waals surface area contributed by atoms with Crippen LogP contribution in [-0.4, -0.2) is 12.4 Å². The number of hydrogen-bond acceptors (Lipinski definition) is 2. The lowest BCUT2D eigenvalue weighted by atomic mass is 10.0. The van der Waals surface area contributed by atoms with Gasteiger partial charge in [-0.3, -0.25) is 4.79 Å². The van der Waals surface area contributed by atoms with E-state index in [-0.39, 0.29) is 11.3 Å². The Kier molecular flexibility index (Phi) is 4.32. The Morgan fingerprint density at radius 1 is 1.21 bits per heavy atom. The van der Waals surface area contributed by atoms with Crippen molar-refractivity contribution >= 4 is 21.7 Å². The average molecular weight is 323 g/mol. The summed E-state index contributed by atoms with van der Waals surface area (Å²) in [6.07, 6.45) is 0. The molecule has 0 amide bonds. The zero-order valence-electron chi connectivity index (χ0n) is 10.3. The van der Waals surface area contributed by atoms with Crippen LogP contribution in [-0.2, 0) is 0 Å². The van der Waals surface area contributed by atoms with Crippen molar-refractivity contribution < 1.29 is 13.9 Å². The van der Waals surface area contributed by atoms with Crippen LogP contribution >= 0.6 is 15.9 Å². The number of rotatable bonds is 4. The van der Waals surface area contributed by atoms with Gasteiger partial charge in [0, 0.05) is 10.0 Å². The Bertz CT molecular complexity index is 594. The second-order valence-corrected chi connectivity index (χ2v) is 4.83. The van der Waals surface area contributed by atoms with E-state index in [4.69, 9.17) is 4.74 Å². The number of ketones is 1. The summed E-state index contributed by atoms with van der Waals surface area (Å²) in [4.78, 5) is 12.2. The third-order valence-electron chi connectivity index (χ3n) is 2.60. The van der Waals surface area contributed by atoms with Crippen LogP contribution in [0.2, 0.25) is 0 Å². The molecule has 2 nitrogen and oxygen atoms in total. The number of benzene rings is 2.